The highest BCUT2D eigenvalue weighted by Crippen LogP contribution is 2.36. The van der Waals surface area contributed by atoms with Crippen LogP contribution >= 0.6 is 34.8 Å². The van der Waals surface area contributed by atoms with E-state index in [9.17, 15) is 10.1 Å². The first-order valence-electron chi connectivity index (χ1n) is 7.19. The first-order valence-corrected chi connectivity index (χ1v) is 8.32. The van der Waals surface area contributed by atoms with Gasteiger partial charge in [0.1, 0.15) is 11.6 Å². The fraction of sp³-hybridized carbons (Fsp3) is 0.111. The highest BCUT2D eigenvalue weighted by molar-refractivity contribution is 6.36. The summed E-state index contributed by atoms with van der Waals surface area (Å²) in [6.07, 6.45) is 1.38. The average molecular weight is 412 g/mol. The number of rotatable bonds is 5. The van der Waals surface area contributed by atoms with Gasteiger partial charge in [-0.3, -0.25) is 4.79 Å². The van der Waals surface area contributed by atoms with Crippen molar-refractivity contribution in [2.24, 2.45) is 0 Å². The van der Waals surface area contributed by atoms with Crippen LogP contribution in [-0.4, -0.2) is 20.1 Å². The van der Waals surface area contributed by atoms with Crippen LogP contribution in [0, 0.1) is 11.3 Å². The van der Waals surface area contributed by atoms with E-state index in [0.717, 1.165) is 0 Å². The lowest BCUT2D eigenvalue weighted by molar-refractivity contribution is -0.112. The topological polar surface area (TPSA) is 71.3 Å². The molecule has 5 nitrogen and oxygen atoms in total. The van der Waals surface area contributed by atoms with Crippen molar-refractivity contribution in [1.82, 2.24) is 0 Å². The predicted molar refractivity (Wildman–Crippen MR) is 103 cm³/mol. The molecular formula is C18H13Cl3N2O3. The van der Waals surface area contributed by atoms with E-state index in [2.05, 4.69) is 5.32 Å². The van der Waals surface area contributed by atoms with Gasteiger partial charge in [0.2, 0.25) is 0 Å². The number of ether oxygens (including phenoxy) is 2. The number of hydrogen-bond donors (Lipinski definition) is 1. The number of benzene rings is 2. The Morgan fingerprint density at radius 2 is 1.85 bits per heavy atom. The highest BCUT2D eigenvalue weighted by atomic mass is 35.5. The molecule has 134 valence electrons. The fourth-order valence-electron chi connectivity index (χ4n) is 2.12. The molecule has 0 aliphatic carbocycles. The minimum atomic E-state index is -0.637. The van der Waals surface area contributed by atoms with E-state index in [0.29, 0.717) is 32.8 Å². The minimum absolute atomic E-state index is 0.149. The predicted octanol–water partition coefficient (Wildman–Crippen LogP) is 5.21. The number of halogens is 3. The van der Waals surface area contributed by atoms with Crippen molar-refractivity contribution in [2.45, 2.75) is 0 Å². The average Bonchev–Trinajstić information content (AvgIpc) is 2.62. The van der Waals surface area contributed by atoms with Crippen LogP contribution < -0.4 is 14.8 Å². The molecule has 0 heterocycles. The van der Waals surface area contributed by atoms with Gasteiger partial charge < -0.3 is 14.8 Å². The zero-order valence-corrected chi connectivity index (χ0v) is 16.0. The number of nitrogens with one attached hydrogen (secondary N) is 1. The molecule has 0 fully saturated rings. The number of carbonyl (C=O) groups is 1. The van der Waals surface area contributed by atoms with E-state index in [1.54, 1.807) is 24.3 Å². The summed E-state index contributed by atoms with van der Waals surface area (Å²) in [5.74, 6) is 0.101. The van der Waals surface area contributed by atoms with Crippen LogP contribution in [0.1, 0.15) is 5.56 Å². The molecule has 0 saturated heterocycles. The second kappa shape index (κ2) is 8.81. The smallest absolute Gasteiger partial charge is 0.266 e. The van der Waals surface area contributed by atoms with Gasteiger partial charge >= 0.3 is 0 Å². The van der Waals surface area contributed by atoms with Crippen molar-refractivity contribution < 1.29 is 14.3 Å². The lowest BCUT2D eigenvalue weighted by atomic mass is 10.1. The maximum absolute atomic E-state index is 12.4. The molecule has 0 radical (unpaired) electrons. The first-order chi connectivity index (χ1) is 12.4. The number of nitriles is 1. The third-order valence-corrected chi connectivity index (χ3v) is 4.15. The van der Waals surface area contributed by atoms with Gasteiger partial charge in [0, 0.05) is 5.02 Å². The summed E-state index contributed by atoms with van der Waals surface area (Å²) < 4.78 is 10.4. The van der Waals surface area contributed by atoms with Gasteiger partial charge in [-0.15, -0.1) is 0 Å². The van der Waals surface area contributed by atoms with E-state index in [1.165, 1.54) is 26.4 Å². The number of carbonyl (C=O) groups excluding carboxylic acids is 1. The SMILES string of the molecule is COc1cc(/C=C(\C#N)C(=O)Nc2cc(Cl)ccc2Cl)cc(Cl)c1OC. The molecule has 2 rings (SSSR count). The lowest BCUT2D eigenvalue weighted by Gasteiger charge is -2.11. The molecule has 0 aromatic heterocycles. The van der Waals surface area contributed by atoms with Crippen molar-refractivity contribution in [3.05, 3.63) is 56.5 Å². The summed E-state index contributed by atoms with van der Waals surface area (Å²) in [5, 5.41) is 12.9. The van der Waals surface area contributed by atoms with Crippen LogP contribution in [0.3, 0.4) is 0 Å². The van der Waals surface area contributed by atoms with Gasteiger partial charge in [-0.05, 0) is 42.0 Å². The maximum atomic E-state index is 12.4. The van der Waals surface area contributed by atoms with Crippen LogP contribution in [0.15, 0.2) is 35.9 Å². The van der Waals surface area contributed by atoms with Gasteiger partial charge in [0.25, 0.3) is 5.91 Å². The van der Waals surface area contributed by atoms with Crippen molar-refractivity contribution in [3.8, 4) is 17.6 Å². The molecule has 0 atom stereocenters. The molecule has 0 aliphatic heterocycles. The Kier molecular flexibility index (Phi) is 6.76. The van der Waals surface area contributed by atoms with Gasteiger partial charge in [0.15, 0.2) is 11.5 Å². The van der Waals surface area contributed by atoms with Gasteiger partial charge in [-0.25, -0.2) is 0 Å². The number of anilines is 1. The third-order valence-electron chi connectivity index (χ3n) is 3.31. The molecule has 0 saturated carbocycles. The Balaban J connectivity index is 2.36. The van der Waals surface area contributed by atoms with Crippen LogP contribution in [0.5, 0.6) is 11.5 Å². The molecule has 1 amide bonds. The van der Waals surface area contributed by atoms with Crippen LogP contribution in [0.25, 0.3) is 6.08 Å². The molecule has 0 spiro atoms. The monoisotopic (exact) mass is 410 g/mol. The molecule has 0 bridgehead atoms. The normalized spacial score (nSPS) is 10.8. The van der Waals surface area contributed by atoms with E-state index in [4.69, 9.17) is 44.3 Å². The van der Waals surface area contributed by atoms with E-state index in [-0.39, 0.29) is 10.6 Å². The van der Waals surface area contributed by atoms with Gasteiger partial charge in [-0.1, -0.05) is 34.8 Å². The lowest BCUT2D eigenvalue weighted by Crippen LogP contribution is -2.13. The molecule has 2 aromatic rings. The molecular weight excluding hydrogens is 399 g/mol. The highest BCUT2D eigenvalue weighted by Gasteiger charge is 2.14. The summed E-state index contributed by atoms with van der Waals surface area (Å²) in [7, 11) is 2.92. The molecule has 2 aromatic carbocycles. The third kappa shape index (κ3) is 4.61. The Bertz CT molecular complexity index is 921. The number of methoxy groups -OCH3 is 2. The molecule has 1 N–H and O–H groups in total. The summed E-state index contributed by atoms with van der Waals surface area (Å²) in [6, 6.07) is 9.63. The fourth-order valence-corrected chi connectivity index (χ4v) is 2.75. The zero-order chi connectivity index (χ0) is 19.3. The molecule has 8 heteroatoms. The van der Waals surface area contributed by atoms with E-state index in [1.807, 2.05) is 6.07 Å². The van der Waals surface area contributed by atoms with Crippen LogP contribution in [0.4, 0.5) is 5.69 Å². The van der Waals surface area contributed by atoms with Crippen LogP contribution in [-0.2, 0) is 4.79 Å². The quantitative estimate of drug-likeness (QED) is 0.541. The molecule has 0 unspecified atom stereocenters. The minimum Gasteiger partial charge on any atom is -0.493 e. The van der Waals surface area contributed by atoms with Gasteiger partial charge in [0.05, 0.1) is 30.0 Å². The number of hydrogen-bond acceptors (Lipinski definition) is 4. The standard InChI is InChI=1S/C18H13Cl3N2O3/c1-25-16-7-10(6-14(21)17(16)26-2)5-11(9-22)18(24)23-15-8-12(19)3-4-13(15)20/h3-8H,1-2H3,(H,23,24)/b11-5+. The summed E-state index contributed by atoms with van der Waals surface area (Å²) in [6.45, 7) is 0. The van der Waals surface area contributed by atoms with Gasteiger partial charge in [-0.2, -0.15) is 5.26 Å². The summed E-state index contributed by atoms with van der Waals surface area (Å²) in [4.78, 5) is 12.4. The summed E-state index contributed by atoms with van der Waals surface area (Å²) in [5.41, 5.74) is 0.650. The Hall–Kier alpha value is -2.39. The Morgan fingerprint density at radius 1 is 1.12 bits per heavy atom. The van der Waals surface area contributed by atoms with Crippen LogP contribution in [0.2, 0.25) is 15.1 Å². The van der Waals surface area contributed by atoms with Crippen molar-refractivity contribution in [2.75, 3.05) is 19.5 Å². The second-order valence-corrected chi connectivity index (χ2v) is 6.24. The second-order valence-electron chi connectivity index (χ2n) is 4.99. The van der Waals surface area contributed by atoms with Crippen molar-refractivity contribution >= 4 is 52.5 Å². The summed E-state index contributed by atoms with van der Waals surface area (Å²) >= 11 is 18.0. The Labute approximate surface area is 165 Å². The number of amides is 1. The number of nitrogens with zero attached hydrogens (tertiary/aromatic N) is 1. The zero-order valence-electron chi connectivity index (χ0n) is 13.8. The largest absolute Gasteiger partial charge is 0.493 e. The molecule has 0 aliphatic rings. The van der Waals surface area contributed by atoms with Crippen molar-refractivity contribution in [1.29, 1.82) is 5.26 Å². The first kappa shape index (κ1) is 19.9. The Morgan fingerprint density at radius 3 is 2.46 bits per heavy atom. The maximum Gasteiger partial charge on any atom is 0.266 e. The molecule has 26 heavy (non-hydrogen) atoms. The van der Waals surface area contributed by atoms with E-state index >= 15 is 0 Å². The van der Waals surface area contributed by atoms with E-state index < -0.39 is 5.91 Å². The van der Waals surface area contributed by atoms with Crippen molar-refractivity contribution in [3.63, 3.8) is 0 Å².